The molecule has 0 N–H and O–H groups in total. The van der Waals surface area contributed by atoms with Crippen molar-refractivity contribution >= 4 is 23.2 Å². The van der Waals surface area contributed by atoms with Crippen LogP contribution in [-0.4, -0.2) is 41.5 Å². The Hall–Kier alpha value is -1.13. The maximum Gasteiger partial charge on any atom is 0.227 e. The van der Waals surface area contributed by atoms with Gasteiger partial charge in [0.05, 0.1) is 17.9 Å². The van der Waals surface area contributed by atoms with Crippen LogP contribution in [0.2, 0.25) is 5.15 Å². The Balaban J connectivity index is 1.72. The first-order valence-corrected chi connectivity index (χ1v) is 7.78. The molecule has 0 radical (unpaired) electrons. The van der Waals surface area contributed by atoms with Crippen molar-refractivity contribution in [2.75, 3.05) is 24.5 Å². The standard InChI is InChI=1S/C15H20ClN3O/c16-14-6-4-12(10-17-14)19-13(5-7-15(19)20)11-18-8-2-1-3-9-18/h4,6,10,13H,1-3,5,7-9,11H2/t13-/m0/s1. The van der Waals surface area contributed by atoms with Crippen molar-refractivity contribution in [2.45, 2.75) is 38.1 Å². The molecule has 2 fully saturated rings. The molecule has 0 aromatic carbocycles. The second-order valence-electron chi connectivity index (χ2n) is 5.66. The minimum atomic E-state index is 0.205. The molecule has 3 rings (SSSR count). The van der Waals surface area contributed by atoms with Gasteiger partial charge in [0.25, 0.3) is 0 Å². The molecule has 2 saturated heterocycles. The molecule has 0 bridgehead atoms. The van der Waals surface area contributed by atoms with E-state index in [2.05, 4.69) is 9.88 Å². The number of rotatable bonds is 3. The molecule has 1 aromatic rings. The van der Waals surface area contributed by atoms with Gasteiger partial charge in [-0.3, -0.25) is 4.79 Å². The lowest BCUT2D eigenvalue weighted by Gasteiger charge is -2.32. The van der Waals surface area contributed by atoms with E-state index in [1.165, 1.54) is 19.3 Å². The number of aromatic nitrogens is 1. The molecule has 20 heavy (non-hydrogen) atoms. The highest BCUT2D eigenvalue weighted by atomic mass is 35.5. The van der Waals surface area contributed by atoms with Crippen LogP contribution in [0.25, 0.3) is 0 Å². The average molecular weight is 294 g/mol. The van der Waals surface area contributed by atoms with Crippen molar-refractivity contribution in [3.63, 3.8) is 0 Å². The summed E-state index contributed by atoms with van der Waals surface area (Å²) >= 11 is 5.82. The SMILES string of the molecule is O=C1CC[C@@H](CN2CCCCC2)N1c1ccc(Cl)nc1. The van der Waals surface area contributed by atoms with Gasteiger partial charge in [-0.2, -0.15) is 0 Å². The highest BCUT2D eigenvalue weighted by Crippen LogP contribution is 2.27. The van der Waals surface area contributed by atoms with E-state index in [0.717, 1.165) is 31.7 Å². The van der Waals surface area contributed by atoms with Crippen LogP contribution in [0.1, 0.15) is 32.1 Å². The minimum Gasteiger partial charge on any atom is -0.307 e. The molecule has 3 heterocycles. The number of amides is 1. The lowest BCUT2D eigenvalue weighted by molar-refractivity contribution is -0.117. The van der Waals surface area contributed by atoms with E-state index in [9.17, 15) is 4.79 Å². The van der Waals surface area contributed by atoms with Crippen LogP contribution in [0, 0.1) is 0 Å². The predicted molar refractivity (Wildman–Crippen MR) is 80.0 cm³/mol. The number of hydrogen-bond acceptors (Lipinski definition) is 3. The Morgan fingerprint density at radius 3 is 2.75 bits per heavy atom. The summed E-state index contributed by atoms with van der Waals surface area (Å²) in [7, 11) is 0. The number of likely N-dealkylation sites (tertiary alicyclic amines) is 1. The summed E-state index contributed by atoms with van der Waals surface area (Å²) in [5.41, 5.74) is 0.874. The Bertz CT molecular complexity index is 471. The Labute approximate surface area is 124 Å². The fourth-order valence-electron chi connectivity index (χ4n) is 3.22. The number of nitrogens with zero attached hydrogens (tertiary/aromatic N) is 3. The van der Waals surface area contributed by atoms with Crippen LogP contribution in [0.4, 0.5) is 5.69 Å². The van der Waals surface area contributed by atoms with Crippen molar-refractivity contribution < 1.29 is 4.79 Å². The van der Waals surface area contributed by atoms with E-state index in [1.807, 2.05) is 11.0 Å². The van der Waals surface area contributed by atoms with Gasteiger partial charge in [-0.15, -0.1) is 0 Å². The van der Waals surface area contributed by atoms with Gasteiger partial charge in [-0.1, -0.05) is 18.0 Å². The first-order valence-electron chi connectivity index (χ1n) is 7.40. The summed E-state index contributed by atoms with van der Waals surface area (Å²) in [4.78, 5) is 20.7. The first kappa shape index (κ1) is 13.8. The molecule has 4 nitrogen and oxygen atoms in total. The van der Waals surface area contributed by atoms with Gasteiger partial charge >= 0.3 is 0 Å². The number of piperidine rings is 1. The van der Waals surface area contributed by atoms with Crippen LogP contribution >= 0.6 is 11.6 Å². The van der Waals surface area contributed by atoms with Gasteiger partial charge in [-0.25, -0.2) is 4.98 Å². The number of hydrogen-bond donors (Lipinski definition) is 0. The van der Waals surface area contributed by atoms with E-state index in [-0.39, 0.29) is 11.9 Å². The number of anilines is 1. The highest BCUT2D eigenvalue weighted by molar-refractivity contribution is 6.29. The summed E-state index contributed by atoms with van der Waals surface area (Å²) in [6.45, 7) is 3.31. The van der Waals surface area contributed by atoms with Crippen LogP contribution in [0.3, 0.4) is 0 Å². The molecule has 5 heteroatoms. The van der Waals surface area contributed by atoms with Crippen LogP contribution in [0.5, 0.6) is 0 Å². The Morgan fingerprint density at radius 2 is 2.05 bits per heavy atom. The third-order valence-electron chi connectivity index (χ3n) is 4.23. The van der Waals surface area contributed by atoms with E-state index < -0.39 is 0 Å². The van der Waals surface area contributed by atoms with E-state index >= 15 is 0 Å². The largest absolute Gasteiger partial charge is 0.307 e. The fraction of sp³-hybridized carbons (Fsp3) is 0.600. The van der Waals surface area contributed by atoms with Crippen molar-refractivity contribution in [3.8, 4) is 0 Å². The molecule has 1 amide bonds. The quantitative estimate of drug-likeness (QED) is 0.804. The Kier molecular flexibility index (Phi) is 4.22. The molecule has 1 atom stereocenters. The van der Waals surface area contributed by atoms with Gasteiger partial charge < -0.3 is 9.80 Å². The normalized spacial score (nSPS) is 24.4. The van der Waals surface area contributed by atoms with Crippen molar-refractivity contribution in [2.24, 2.45) is 0 Å². The summed E-state index contributed by atoms with van der Waals surface area (Å²) in [6.07, 6.45) is 7.19. The van der Waals surface area contributed by atoms with E-state index in [1.54, 1.807) is 12.3 Å². The number of halogens is 1. The second kappa shape index (κ2) is 6.10. The smallest absolute Gasteiger partial charge is 0.227 e. The third kappa shape index (κ3) is 2.96. The summed E-state index contributed by atoms with van der Waals surface area (Å²) < 4.78 is 0. The minimum absolute atomic E-state index is 0.205. The number of carbonyl (C=O) groups is 1. The summed E-state index contributed by atoms with van der Waals surface area (Å²) in [5.74, 6) is 0.205. The molecule has 2 aliphatic rings. The van der Waals surface area contributed by atoms with Crippen molar-refractivity contribution in [1.82, 2.24) is 9.88 Å². The zero-order valence-electron chi connectivity index (χ0n) is 11.6. The Morgan fingerprint density at radius 1 is 1.25 bits per heavy atom. The molecule has 2 aliphatic heterocycles. The molecule has 1 aromatic heterocycles. The number of pyridine rings is 1. The fourth-order valence-corrected chi connectivity index (χ4v) is 3.33. The molecular formula is C15H20ClN3O. The zero-order chi connectivity index (χ0) is 13.9. The topological polar surface area (TPSA) is 36.4 Å². The van der Waals surface area contributed by atoms with Gasteiger partial charge in [0, 0.05) is 13.0 Å². The third-order valence-corrected chi connectivity index (χ3v) is 4.46. The molecule has 0 spiro atoms. The van der Waals surface area contributed by atoms with Gasteiger partial charge in [-0.05, 0) is 44.5 Å². The first-order chi connectivity index (χ1) is 9.74. The lowest BCUT2D eigenvalue weighted by atomic mass is 10.1. The number of carbonyl (C=O) groups excluding carboxylic acids is 1. The molecule has 0 unspecified atom stereocenters. The van der Waals surface area contributed by atoms with Crippen molar-refractivity contribution in [3.05, 3.63) is 23.5 Å². The van der Waals surface area contributed by atoms with Crippen LogP contribution < -0.4 is 4.90 Å². The summed E-state index contributed by atoms with van der Waals surface area (Å²) in [5, 5.41) is 0.466. The second-order valence-corrected chi connectivity index (χ2v) is 6.04. The molecule has 0 saturated carbocycles. The lowest BCUT2D eigenvalue weighted by Crippen LogP contribution is -2.43. The predicted octanol–water partition coefficient (Wildman–Crippen LogP) is 2.72. The average Bonchev–Trinajstić information content (AvgIpc) is 2.82. The summed E-state index contributed by atoms with van der Waals surface area (Å²) in [6, 6.07) is 3.92. The molecule has 0 aliphatic carbocycles. The highest BCUT2D eigenvalue weighted by Gasteiger charge is 2.33. The molecule has 108 valence electrons. The van der Waals surface area contributed by atoms with E-state index in [4.69, 9.17) is 11.6 Å². The maximum absolute atomic E-state index is 12.2. The molecular weight excluding hydrogens is 274 g/mol. The van der Waals surface area contributed by atoms with Crippen molar-refractivity contribution in [1.29, 1.82) is 0 Å². The zero-order valence-corrected chi connectivity index (χ0v) is 12.4. The van der Waals surface area contributed by atoms with E-state index in [0.29, 0.717) is 11.6 Å². The van der Waals surface area contributed by atoms with Gasteiger partial charge in [0.15, 0.2) is 0 Å². The van der Waals surface area contributed by atoms with Gasteiger partial charge in [0.2, 0.25) is 5.91 Å². The van der Waals surface area contributed by atoms with Crippen LogP contribution in [-0.2, 0) is 4.79 Å². The van der Waals surface area contributed by atoms with Gasteiger partial charge in [0.1, 0.15) is 5.15 Å². The monoisotopic (exact) mass is 293 g/mol. The van der Waals surface area contributed by atoms with Crippen LogP contribution in [0.15, 0.2) is 18.3 Å². The maximum atomic E-state index is 12.2.